The number of carboxylic acids is 1. The summed E-state index contributed by atoms with van der Waals surface area (Å²) in [5, 5.41) is 62.0. The number of aromatic nitrogens is 2. The first-order valence-electron chi connectivity index (χ1n) is 43.4. The number of nitrogens with two attached hydrogens (primary N) is 1. The Morgan fingerprint density at radius 1 is 0.381 bits per heavy atom. The fourth-order valence-electron chi connectivity index (χ4n) is 14.4. The summed E-state index contributed by atoms with van der Waals surface area (Å²) in [7, 11) is 1.64. The number of amides is 15. The molecule has 0 unspecified atom stereocenters. The minimum Gasteiger partial charge on any atom is -0.480 e. The number of benzene rings is 3. The first-order valence-corrected chi connectivity index (χ1v) is 43.4. The standard InChI is InChI=1S/C90H136N18O18/c1-21-49(12)71(82(119)95-44-67(111)112)107-84(121)70(48(10)11)104-88(125)74(53(16)109)108-85(122)69(47(8)9)102-80(117)62(38-54-31-25-24-26-32-54)99-83(120)68(46(6)7)103-87(124)73(51(14)23-3)106-79(116)61(37-45(4)5)97-76(113)52(15)96-77(114)65(41-66(91)110)98-78(115)63(39-55-42-93-59-35-29-27-33-57(55)59)100-86(123)72(50(13)22-2)105-81(118)64(101-89(126)75(92-20)90(17,18)19)40-56-43-94-60-36-30-28-34-58(56)60/h24-36,42-43,45-53,61-65,68-75,92-94,109H,21-23,37-41,44H2,1-20H3,(H2,91,110)(H,95,119)(H,96,114)(H,97,113)(H,98,115)(H,99,120)(H,100,123)(H,101,126)(H,102,117)(H,103,124)(H,104,125)(H,105,118)(H,106,116)(H,107,121)(H,108,122)(H,111,112)/t49-,50-,51-,52-,53+,61-,62-,63-,64-,65-,68-,69-,70-,71-,72-,73-,74-,75+/m0/s1. The summed E-state index contributed by atoms with van der Waals surface area (Å²) in [5.74, 6) is -18.3. The third kappa shape index (κ3) is 31.1. The summed E-state index contributed by atoms with van der Waals surface area (Å²) in [6.07, 6.45) is 1.66. The molecule has 0 bridgehead atoms. The van der Waals surface area contributed by atoms with Crippen molar-refractivity contribution in [1.82, 2.24) is 89.7 Å². The van der Waals surface area contributed by atoms with Crippen LogP contribution in [0.2, 0.25) is 0 Å². The van der Waals surface area contributed by atoms with Crippen molar-refractivity contribution in [3.8, 4) is 0 Å². The summed E-state index contributed by atoms with van der Waals surface area (Å²) in [6, 6.07) is 3.73. The van der Waals surface area contributed by atoms with Crippen molar-refractivity contribution < 1.29 is 86.9 Å². The molecular weight excluding hydrogens is 1620 g/mol. The summed E-state index contributed by atoms with van der Waals surface area (Å²) in [6.45, 7) is 31.0. The van der Waals surface area contributed by atoms with E-state index in [2.05, 4.69) is 89.7 Å². The van der Waals surface area contributed by atoms with Crippen LogP contribution in [0.15, 0.2) is 91.3 Å². The number of aliphatic hydroxyl groups is 1. The van der Waals surface area contributed by atoms with Gasteiger partial charge in [-0.15, -0.1) is 0 Å². The van der Waals surface area contributed by atoms with Gasteiger partial charge in [-0.3, -0.25) is 76.7 Å². The lowest BCUT2D eigenvalue weighted by Gasteiger charge is -2.32. The lowest BCUT2D eigenvalue weighted by atomic mass is 9.86. The van der Waals surface area contributed by atoms with Crippen molar-refractivity contribution >= 4 is 116 Å². The Hall–Kier alpha value is -11.8. The van der Waals surface area contributed by atoms with Crippen molar-refractivity contribution in [1.29, 1.82) is 0 Å². The molecule has 0 aliphatic heterocycles. The Labute approximate surface area is 737 Å². The van der Waals surface area contributed by atoms with Crippen LogP contribution < -0.4 is 85.5 Å². The molecule has 3 aromatic carbocycles. The molecule has 0 saturated heterocycles. The third-order valence-electron chi connectivity index (χ3n) is 22.5. The maximum Gasteiger partial charge on any atom is 0.322 e. The van der Waals surface area contributed by atoms with Gasteiger partial charge >= 0.3 is 5.97 Å². The van der Waals surface area contributed by atoms with E-state index in [9.17, 15) is 77.0 Å². The first kappa shape index (κ1) is 105. The van der Waals surface area contributed by atoms with Gasteiger partial charge < -0.3 is 106 Å². The fourth-order valence-corrected chi connectivity index (χ4v) is 14.4. The molecule has 0 aliphatic rings. The Bertz CT molecular complexity index is 4580. The molecule has 126 heavy (non-hydrogen) atoms. The number of primary amides is 1. The van der Waals surface area contributed by atoms with Crippen molar-refractivity contribution in [2.45, 2.75) is 274 Å². The van der Waals surface area contributed by atoms with Gasteiger partial charge in [-0.05, 0) is 103 Å². The average molecular weight is 1760 g/mol. The van der Waals surface area contributed by atoms with E-state index in [1.165, 1.54) is 13.8 Å². The second-order valence-electron chi connectivity index (χ2n) is 35.4. The highest BCUT2D eigenvalue weighted by atomic mass is 16.4. The van der Waals surface area contributed by atoms with Crippen LogP contribution in [0.4, 0.5) is 0 Å². The van der Waals surface area contributed by atoms with E-state index >= 15 is 4.79 Å². The molecule has 5 aromatic rings. The number of hydrogen-bond donors (Lipinski definition) is 20. The van der Waals surface area contributed by atoms with Gasteiger partial charge in [0, 0.05) is 53.5 Å². The van der Waals surface area contributed by atoms with Gasteiger partial charge in [-0.1, -0.05) is 204 Å². The smallest absolute Gasteiger partial charge is 0.322 e. The van der Waals surface area contributed by atoms with E-state index < -0.39 is 239 Å². The number of carbonyl (C=O) groups is 16. The number of rotatable bonds is 50. The van der Waals surface area contributed by atoms with E-state index in [0.717, 1.165) is 10.9 Å². The van der Waals surface area contributed by atoms with E-state index in [-0.39, 0.29) is 31.6 Å². The van der Waals surface area contributed by atoms with Gasteiger partial charge in [0.2, 0.25) is 88.6 Å². The molecular formula is C90H136N18O18. The number of H-pyrrole nitrogens is 2. The number of likely N-dealkylation sites (N-methyl/N-ethyl adjacent to an activating group) is 1. The highest BCUT2D eigenvalue weighted by Crippen LogP contribution is 2.25. The second kappa shape index (κ2) is 49.2. The quantitative estimate of drug-likeness (QED) is 0.0265. The van der Waals surface area contributed by atoms with E-state index in [1.807, 2.05) is 45.0 Å². The maximum atomic E-state index is 15.0. The topological polar surface area (TPSA) is 552 Å². The molecule has 0 radical (unpaired) electrons. The molecule has 0 saturated carbocycles. The van der Waals surface area contributed by atoms with Gasteiger partial charge in [-0.2, -0.15) is 0 Å². The summed E-state index contributed by atoms with van der Waals surface area (Å²) >= 11 is 0. The Kier molecular flexibility index (Phi) is 40.9. The predicted octanol–water partition coefficient (Wildman–Crippen LogP) is 2.24. The van der Waals surface area contributed by atoms with Crippen molar-refractivity contribution in [3.05, 3.63) is 108 Å². The number of carbonyl (C=O) groups excluding carboxylic acids is 15. The second-order valence-corrected chi connectivity index (χ2v) is 35.4. The maximum absolute atomic E-state index is 15.0. The van der Waals surface area contributed by atoms with Crippen LogP contribution in [0.25, 0.3) is 21.8 Å². The number of fused-ring (bicyclic) bond motifs is 2. The van der Waals surface area contributed by atoms with Gasteiger partial charge in [0.1, 0.15) is 85.1 Å². The molecule has 18 atom stereocenters. The minimum absolute atomic E-state index is 0.0126. The SMILES string of the molecule is CC[C@H](C)[C@H](NC(=O)[C@H](Cc1c[nH]c2ccccc12)NC(=O)[C@@H](NC)C(C)(C)C)C(=O)N[C@@H](Cc1c[nH]c2ccccc12)C(=O)N[C@@H](CC(N)=O)C(=O)N[C@@H](C)C(=O)N[C@@H](CC(C)C)C(=O)N[C@H](C(=O)N[C@H](C(=O)N[C@@H](Cc1ccccc1)C(=O)N[C@H](C(=O)N[C@H](C(=O)N[C@H](C(=O)N[C@H](C(=O)NCC(=O)O)[C@@H](C)CC)C(C)C)[C@@H](C)O)C(C)C)C(C)C)[C@@H](C)CC. The summed E-state index contributed by atoms with van der Waals surface area (Å²) in [4.78, 5) is 233. The highest BCUT2D eigenvalue weighted by molar-refractivity contribution is 6.02. The highest BCUT2D eigenvalue weighted by Gasteiger charge is 2.42. The number of aliphatic carboxylic acids is 1. The summed E-state index contributed by atoms with van der Waals surface area (Å²) < 4.78 is 0. The lowest BCUT2D eigenvalue weighted by Crippen LogP contribution is -2.63. The molecule has 0 aliphatic carbocycles. The zero-order chi connectivity index (χ0) is 94.5. The molecule has 694 valence electrons. The number of carboxylic acid groups (broad SMARTS) is 1. The van der Waals surface area contributed by atoms with Gasteiger partial charge in [-0.25, -0.2) is 0 Å². The Morgan fingerprint density at radius 3 is 1.13 bits per heavy atom. The van der Waals surface area contributed by atoms with Crippen molar-refractivity contribution in [2.24, 2.45) is 52.6 Å². The Morgan fingerprint density at radius 2 is 0.714 bits per heavy atom. The van der Waals surface area contributed by atoms with Gasteiger partial charge in [0.15, 0.2) is 0 Å². The van der Waals surface area contributed by atoms with Crippen LogP contribution in [-0.2, 0) is 96.0 Å². The molecule has 0 fully saturated rings. The molecule has 5 rings (SSSR count). The number of hydrogen-bond acceptors (Lipinski definition) is 18. The normalized spacial score (nSPS) is 15.9. The number of aromatic amines is 2. The monoisotopic (exact) mass is 1760 g/mol. The van der Waals surface area contributed by atoms with Crippen LogP contribution in [0.1, 0.15) is 180 Å². The zero-order valence-electron chi connectivity index (χ0n) is 76.2. The van der Waals surface area contributed by atoms with E-state index in [1.54, 1.807) is 171 Å². The minimum atomic E-state index is -1.78. The molecule has 2 heterocycles. The van der Waals surface area contributed by atoms with Crippen LogP contribution >= 0.6 is 0 Å². The fraction of sp³-hybridized carbons (Fsp3) is 0.578. The number of para-hydroxylation sites is 2. The van der Waals surface area contributed by atoms with Crippen LogP contribution in [0, 0.1) is 46.8 Å². The third-order valence-corrected chi connectivity index (χ3v) is 22.5. The van der Waals surface area contributed by atoms with Crippen LogP contribution in [0.3, 0.4) is 0 Å². The summed E-state index contributed by atoms with van der Waals surface area (Å²) in [5.41, 5.74) is 8.45. The van der Waals surface area contributed by atoms with Crippen molar-refractivity contribution in [2.75, 3.05) is 13.6 Å². The van der Waals surface area contributed by atoms with E-state index in [0.29, 0.717) is 46.9 Å². The first-order chi connectivity index (χ1) is 59.2. The molecule has 36 heteroatoms. The Balaban J connectivity index is 1.35. The number of aliphatic hydroxyl groups excluding tert-OH is 1. The largest absolute Gasteiger partial charge is 0.480 e. The molecule has 15 amide bonds. The van der Waals surface area contributed by atoms with Crippen molar-refractivity contribution in [3.63, 3.8) is 0 Å². The average Bonchev–Trinajstić information content (AvgIpc) is 1.65. The zero-order valence-corrected chi connectivity index (χ0v) is 76.2. The van der Waals surface area contributed by atoms with E-state index in [4.69, 9.17) is 10.8 Å². The molecule has 0 spiro atoms. The van der Waals surface area contributed by atoms with Gasteiger partial charge in [0.25, 0.3) is 0 Å². The van der Waals surface area contributed by atoms with Crippen LogP contribution in [-0.4, -0.2) is 219 Å². The molecule has 36 nitrogen and oxygen atoms in total. The molecule has 21 N–H and O–H groups in total. The lowest BCUT2D eigenvalue weighted by molar-refractivity contribution is -0.139. The number of nitrogens with one attached hydrogen (secondary N) is 17. The predicted molar refractivity (Wildman–Crippen MR) is 476 cm³/mol. The molecule has 2 aromatic heterocycles. The van der Waals surface area contributed by atoms with Gasteiger partial charge in [0.05, 0.1) is 18.6 Å². The van der Waals surface area contributed by atoms with Crippen LogP contribution in [0.5, 0.6) is 0 Å².